The average Bonchev–Trinajstić information content (AvgIpc) is 2.27. The Labute approximate surface area is 104 Å². The lowest BCUT2D eigenvalue weighted by Crippen LogP contribution is -2.12. The normalized spacial score (nSPS) is 9.94. The van der Waals surface area contributed by atoms with Gasteiger partial charge < -0.3 is 10.4 Å². The van der Waals surface area contributed by atoms with Crippen LogP contribution in [0.4, 0.5) is 5.82 Å². The van der Waals surface area contributed by atoms with Crippen LogP contribution in [-0.4, -0.2) is 22.0 Å². The SMILES string of the molecule is O=C(O)CCCCC(=O)Nc1ccc(Cl)cn1. The standard InChI is InChI=1S/C11H13ClN2O3/c12-8-5-6-9(13-7-8)14-10(15)3-1-2-4-11(16)17/h5-7H,1-4H2,(H,16,17)(H,13,14,15). The van der Waals surface area contributed by atoms with E-state index in [1.807, 2.05) is 0 Å². The van der Waals surface area contributed by atoms with Crippen molar-refractivity contribution in [1.82, 2.24) is 4.98 Å². The van der Waals surface area contributed by atoms with E-state index in [0.29, 0.717) is 23.7 Å². The fourth-order valence-corrected chi connectivity index (χ4v) is 1.33. The Hall–Kier alpha value is -1.62. The molecular formula is C11H13ClN2O3. The third kappa shape index (κ3) is 5.87. The van der Waals surface area contributed by atoms with Crippen molar-refractivity contribution >= 4 is 29.3 Å². The molecule has 0 aliphatic carbocycles. The van der Waals surface area contributed by atoms with Gasteiger partial charge in [-0.15, -0.1) is 0 Å². The van der Waals surface area contributed by atoms with Crippen molar-refractivity contribution in [2.45, 2.75) is 25.7 Å². The Bertz CT molecular complexity index is 392. The van der Waals surface area contributed by atoms with Gasteiger partial charge >= 0.3 is 5.97 Å². The van der Waals surface area contributed by atoms with Crippen LogP contribution in [0.3, 0.4) is 0 Å². The number of rotatable bonds is 6. The van der Waals surface area contributed by atoms with Crippen LogP contribution in [0.15, 0.2) is 18.3 Å². The molecular weight excluding hydrogens is 244 g/mol. The van der Waals surface area contributed by atoms with Gasteiger partial charge in [-0.1, -0.05) is 11.6 Å². The number of anilines is 1. The van der Waals surface area contributed by atoms with E-state index in [4.69, 9.17) is 16.7 Å². The van der Waals surface area contributed by atoms with Crippen LogP contribution in [0.25, 0.3) is 0 Å². The van der Waals surface area contributed by atoms with E-state index in [2.05, 4.69) is 10.3 Å². The molecule has 0 saturated carbocycles. The van der Waals surface area contributed by atoms with Crippen LogP contribution < -0.4 is 5.32 Å². The van der Waals surface area contributed by atoms with E-state index in [1.54, 1.807) is 12.1 Å². The Balaban J connectivity index is 2.25. The van der Waals surface area contributed by atoms with Crippen molar-refractivity contribution in [3.8, 4) is 0 Å². The number of halogens is 1. The third-order valence-corrected chi connectivity index (χ3v) is 2.26. The fraction of sp³-hybridized carbons (Fsp3) is 0.364. The number of unbranched alkanes of at least 4 members (excludes halogenated alkanes) is 1. The number of hydrogen-bond donors (Lipinski definition) is 2. The van der Waals surface area contributed by atoms with Gasteiger partial charge in [-0.25, -0.2) is 4.98 Å². The van der Waals surface area contributed by atoms with Crippen molar-refractivity contribution in [1.29, 1.82) is 0 Å². The summed E-state index contributed by atoms with van der Waals surface area (Å²) in [5.74, 6) is -0.576. The van der Waals surface area contributed by atoms with E-state index in [1.165, 1.54) is 6.20 Å². The maximum absolute atomic E-state index is 11.4. The monoisotopic (exact) mass is 256 g/mol. The molecule has 0 bridgehead atoms. The van der Waals surface area contributed by atoms with Crippen molar-refractivity contribution in [2.75, 3.05) is 5.32 Å². The maximum atomic E-state index is 11.4. The predicted molar refractivity (Wildman–Crippen MR) is 64.0 cm³/mol. The van der Waals surface area contributed by atoms with Crippen molar-refractivity contribution < 1.29 is 14.7 Å². The number of pyridine rings is 1. The second-order valence-electron chi connectivity index (χ2n) is 3.51. The van der Waals surface area contributed by atoms with Crippen LogP contribution in [0, 0.1) is 0 Å². The van der Waals surface area contributed by atoms with Gasteiger partial charge in [0, 0.05) is 19.0 Å². The largest absolute Gasteiger partial charge is 0.481 e. The molecule has 1 aromatic heterocycles. The molecule has 2 N–H and O–H groups in total. The van der Waals surface area contributed by atoms with Gasteiger partial charge in [0.25, 0.3) is 0 Å². The minimum Gasteiger partial charge on any atom is -0.481 e. The first-order chi connectivity index (χ1) is 8.08. The number of carboxylic acid groups (broad SMARTS) is 1. The van der Waals surface area contributed by atoms with E-state index in [9.17, 15) is 9.59 Å². The number of nitrogens with zero attached hydrogens (tertiary/aromatic N) is 1. The molecule has 1 amide bonds. The molecule has 0 aliphatic rings. The number of carbonyl (C=O) groups is 2. The molecule has 0 fully saturated rings. The van der Waals surface area contributed by atoms with Crippen molar-refractivity contribution in [3.63, 3.8) is 0 Å². The molecule has 0 saturated heterocycles. The van der Waals surface area contributed by atoms with Gasteiger partial charge in [-0.05, 0) is 25.0 Å². The van der Waals surface area contributed by atoms with Crippen molar-refractivity contribution in [3.05, 3.63) is 23.4 Å². The number of hydrogen-bond acceptors (Lipinski definition) is 3. The molecule has 92 valence electrons. The van der Waals surface area contributed by atoms with Gasteiger partial charge in [0.15, 0.2) is 0 Å². The summed E-state index contributed by atoms with van der Waals surface area (Å²) in [5, 5.41) is 11.5. The van der Waals surface area contributed by atoms with E-state index < -0.39 is 5.97 Å². The molecule has 1 heterocycles. The molecule has 1 aromatic rings. The lowest BCUT2D eigenvalue weighted by molar-refractivity contribution is -0.137. The summed E-state index contributed by atoms with van der Waals surface area (Å²) in [6.45, 7) is 0. The number of amides is 1. The highest BCUT2D eigenvalue weighted by Gasteiger charge is 2.04. The summed E-state index contributed by atoms with van der Waals surface area (Å²) in [6.07, 6.45) is 2.87. The summed E-state index contributed by atoms with van der Waals surface area (Å²) in [4.78, 5) is 25.6. The number of aromatic nitrogens is 1. The van der Waals surface area contributed by atoms with E-state index in [-0.39, 0.29) is 18.7 Å². The Morgan fingerprint density at radius 2 is 2.00 bits per heavy atom. The highest BCUT2D eigenvalue weighted by molar-refractivity contribution is 6.30. The molecule has 1 rings (SSSR count). The first kappa shape index (κ1) is 13.4. The zero-order valence-corrected chi connectivity index (χ0v) is 9.91. The molecule has 0 atom stereocenters. The van der Waals surface area contributed by atoms with Crippen LogP contribution >= 0.6 is 11.6 Å². The van der Waals surface area contributed by atoms with Crippen LogP contribution in [0.2, 0.25) is 5.02 Å². The molecule has 0 spiro atoms. The van der Waals surface area contributed by atoms with Gasteiger partial charge in [0.1, 0.15) is 5.82 Å². The molecule has 0 radical (unpaired) electrons. The smallest absolute Gasteiger partial charge is 0.303 e. The molecule has 0 aliphatic heterocycles. The minimum absolute atomic E-state index is 0.0898. The van der Waals surface area contributed by atoms with Gasteiger partial charge in [0.2, 0.25) is 5.91 Å². The first-order valence-electron chi connectivity index (χ1n) is 5.21. The Morgan fingerprint density at radius 1 is 1.29 bits per heavy atom. The Morgan fingerprint density at radius 3 is 2.59 bits per heavy atom. The highest BCUT2D eigenvalue weighted by Crippen LogP contribution is 2.10. The first-order valence-corrected chi connectivity index (χ1v) is 5.59. The zero-order valence-electron chi connectivity index (χ0n) is 9.15. The lowest BCUT2D eigenvalue weighted by atomic mass is 10.2. The van der Waals surface area contributed by atoms with Crippen LogP contribution in [0.1, 0.15) is 25.7 Å². The quantitative estimate of drug-likeness (QED) is 0.766. The summed E-state index contributed by atoms with van der Waals surface area (Å²) in [6, 6.07) is 3.24. The summed E-state index contributed by atoms with van der Waals surface area (Å²) < 4.78 is 0. The van der Waals surface area contributed by atoms with Gasteiger partial charge in [-0.3, -0.25) is 9.59 Å². The highest BCUT2D eigenvalue weighted by atomic mass is 35.5. The third-order valence-electron chi connectivity index (χ3n) is 2.04. The van der Waals surface area contributed by atoms with Crippen LogP contribution in [-0.2, 0) is 9.59 Å². The molecule has 17 heavy (non-hydrogen) atoms. The number of nitrogens with one attached hydrogen (secondary N) is 1. The number of aliphatic carboxylic acids is 1. The lowest BCUT2D eigenvalue weighted by Gasteiger charge is -2.03. The maximum Gasteiger partial charge on any atom is 0.303 e. The van der Waals surface area contributed by atoms with Crippen LogP contribution in [0.5, 0.6) is 0 Å². The second kappa shape index (κ2) is 6.85. The summed E-state index contributed by atoms with van der Waals surface area (Å²) in [5.41, 5.74) is 0. The average molecular weight is 257 g/mol. The van der Waals surface area contributed by atoms with E-state index >= 15 is 0 Å². The molecule has 0 unspecified atom stereocenters. The fourth-order valence-electron chi connectivity index (χ4n) is 1.22. The Kier molecular flexibility index (Phi) is 5.42. The minimum atomic E-state index is -0.843. The zero-order chi connectivity index (χ0) is 12.7. The summed E-state index contributed by atoms with van der Waals surface area (Å²) in [7, 11) is 0. The van der Waals surface area contributed by atoms with E-state index in [0.717, 1.165) is 0 Å². The topological polar surface area (TPSA) is 79.3 Å². The predicted octanol–water partition coefficient (Wildman–Crippen LogP) is 2.32. The molecule has 6 heteroatoms. The van der Waals surface area contributed by atoms with Gasteiger partial charge in [0.05, 0.1) is 5.02 Å². The van der Waals surface area contributed by atoms with Gasteiger partial charge in [-0.2, -0.15) is 0 Å². The molecule has 0 aromatic carbocycles. The second-order valence-corrected chi connectivity index (χ2v) is 3.95. The number of carboxylic acids is 1. The summed E-state index contributed by atoms with van der Waals surface area (Å²) >= 11 is 5.65. The molecule has 5 nitrogen and oxygen atoms in total. The number of carbonyl (C=O) groups excluding carboxylic acids is 1. The van der Waals surface area contributed by atoms with Crippen molar-refractivity contribution in [2.24, 2.45) is 0 Å².